The SMILES string of the molecule is CCCCCCCCCCCCCCOc1ccc(N=Nc2ccccc2)cc1. The summed E-state index contributed by atoms with van der Waals surface area (Å²) in [5, 5.41) is 8.49. The average Bonchev–Trinajstić information content (AvgIpc) is 2.77. The van der Waals surface area contributed by atoms with Crippen LogP contribution < -0.4 is 4.74 Å². The van der Waals surface area contributed by atoms with Crippen molar-refractivity contribution in [3.05, 3.63) is 54.6 Å². The first-order chi connectivity index (χ1) is 14.4. The summed E-state index contributed by atoms with van der Waals surface area (Å²) in [5.41, 5.74) is 1.70. The molecule has 2 aromatic carbocycles. The van der Waals surface area contributed by atoms with Gasteiger partial charge in [0.1, 0.15) is 5.75 Å². The lowest BCUT2D eigenvalue weighted by Gasteiger charge is -2.06. The summed E-state index contributed by atoms with van der Waals surface area (Å²) in [6, 6.07) is 17.6. The molecule has 0 heterocycles. The molecule has 29 heavy (non-hydrogen) atoms. The first-order valence-corrected chi connectivity index (χ1v) is 11.6. The van der Waals surface area contributed by atoms with Crippen molar-refractivity contribution in [3.63, 3.8) is 0 Å². The molecule has 3 nitrogen and oxygen atoms in total. The number of benzene rings is 2. The first kappa shape index (κ1) is 23.1. The van der Waals surface area contributed by atoms with Gasteiger partial charge in [-0.2, -0.15) is 10.2 Å². The van der Waals surface area contributed by atoms with Gasteiger partial charge in [0.2, 0.25) is 0 Å². The highest BCUT2D eigenvalue weighted by molar-refractivity contribution is 5.42. The molecule has 0 atom stereocenters. The Morgan fingerprint density at radius 1 is 0.552 bits per heavy atom. The highest BCUT2D eigenvalue weighted by atomic mass is 16.5. The molecule has 3 heteroatoms. The van der Waals surface area contributed by atoms with Crippen LogP contribution in [0.2, 0.25) is 0 Å². The van der Waals surface area contributed by atoms with Crippen molar-refractivity contribution in [3.8, 4) is 5.75 Å². The molecular weight excluding hydrogens is 356 g/mol. The number of hydrogen-bond acceptors (Lipinski definition) is 3. The lowest BCUT2D eigenvalue weighted by atomic mass is 10.1. The Morgan fingerprint density at radius 2 is 1.03 bits per heavy atom. The summed E-state index contributed by atoms with van der Waals surface area (Å²) in [7, 11) is 0. The van der Waals surface area contributed by atoms with Crippen LogP contribution in [-0.2, 0) is 0 Å². The third-order valence-corrected chi connectivity index (χ3v) is 5.14. The molecule has 0 aliphatic carbocycles. The van der Waals surface area contributed by atoms with Crippen LogP contribution in [0.3, 0.4) is 0 Å². The van der Waals surface area contributed by atoms with Crippen molar-refractivity contribution in [2.24, 2.45) is 10.2 Å². The molecule has 0 bridgehead atoms. The van der Waals surface area contributed by atoms with Gasteiger partial charge in [0.25, 0.3) is 0 Å². The minimum Gasteiger partial charge on any atom is -0.494 e. The Kier molecular flexibility index (Phi) is 12.5. The topological polar surface area (TPSA) is 34.0 Å². The van der Waals surface area contributed by atoms with Crippen LogP contribution >= 0.6 is 0 Å². The third-order valence-electron chi connectivity index (χ3n) is 5.14. The van der Waals surface area contributed by atoms with E-state index in [0.717, 1.165) is 30.2 Å². The molecule has 158 valence electrons. The molecule has 0 saturated heterocycles. The van der Waals surface area contributed by atoms with E-state index in [4.69, 9.17) is 4.74 Å². The fourth-order valence-electron chi connectivity index (χ4n) is 3.35. The van der Waals surface area contributed by atoms with Crippen molar-refractivity contribution in [2.45, 2.75) is 84.0 Å². The van der Waals surface area contributed by atoms with Gasteiger partial charge in [0.15, 0.2) is 0 Å². The fourth-order valence-corrected chi connectivity index (χ4v) is 3.35. The van der Waals surface area contributed by atoms with Crippen LogP contribution in [0.5, 0.6) is 5.75 Å². The quantitative estimate of drug-likeness (QED) is 0.206. The van der Waals surface area contributed by atoms with Gasteiger partial charge in [-0.1, -0.05) is 95.8 Å². The van der Waals surface area contributed by atoms with E-state index < -0.39 is 0 Å². The molecule has 2 aromatic rings. The van der Waals surface area contributed by atoms with E-state index in [1.54, 1.807) is 0 Å². The van der Waals surface area contributed by atoms with Gasteiger partial charge in [0, 0.05) is 0 Å². The van der Waals surface area contributed by atoms with Gasteiger partial charge >= 0.3 is 0 Å². The number of rotatable bonds is 16. The Labute approximate surface area is 177 Å². The first-order valence-electron chi connectivity index (χ1n) is 11.6. The molecule has 0 radical (unpaired) electrons. The Balaban J connectivity index is 1.46. The summed E-state index contributed by atoms with van der Waals surface area (Å²) in [4.78, 5) is 0. The maximum atomic E-state index is 5.84. The van der Waals surface area contributed by atoms with E-state index in [2.05, 4.69) is 17.2 Å². The molecule has 0 N–H and O–H groups in total. The van der Waals surface area contributed by atoms with Gasteiger partial charge in [-0.05, 0) is 42.8 Å². The molecule has 0 spiro atoms. The van der Waals surface area contributed by atoms with Gasteiger partial charge in [-0.15, -0.1) is 0 Å². The average molecular weight is 395 g/mol. The van der Waals surface area contributed by atoms with Crippen molar-refractivity contribution >= 4 is 11.4 Å². The predicted molar refractivity (Wildman–Crippen MR) is 124 cm³/mol. The monoisotopic (exact) mass is 394 g/mol. The zero-order valence-corrected chi connectivity index (χ0v) is 18.2. The number of ether oxygens (including phenoxy) is 1. The molecule has 0 saturated carbocycles. The van der Waals surface area contributed by atoms with Gasteiger partial charge < -0.3 is 4.74 Å². The number of unbranched alkanes of at least 4 members (excludes halogenated alkanes) is 11. The van der Waals surface area contributed by atoms with Crippen molar-refractivity contribution in [1.29, 1.82) is 0 Å². The minimum absolute atomic E-state index is 0.794. The molecule has 0 aromatic heterocycles. The Hall–Kier alpha value is -2.16. The van der Waals surface area contributed by atoms with Crippen LogP contribution in [0, 0.1) is 0 Å². The van der Waals surface area contributed by atoms with Gasteiger partial charge in [0.05, 0.1) is 18.0 Å². The lowest BCUT2D eigenvalue weighted by Crippen LogP contribution is -1.96. The molecule has 0 aliphatic rings. The second kappa shape index (κ2) is 15.7. The normalized spacial score (nSPS) is 11.2. The molecule has 0 fully saturated rings. The summed E-state index contributed by atoms with van der Waals surface area (Å²) < 4.78 is 5.84. The summed E-state index contributed by atoms with van der Waals surface area (Å²) in [6.07, 6.45) is 16.4. The highest BCUT2D eigenvalue weighted by Crippen LogP contribution is 2.21. The lowest BCUT2D eigenvalue weighted by molar-refractivity contribution is 0.304. The van der Waals surface area contributed by atoms with E-state index in [1.165, 1.54) is 70.6 Å². The Bertz CT molecular complexity index is 652. The second-order valence-electron chi connectivity index (χ2n) is 7.77. The van der Waals surface area contributed by atoms with Crippen molar-refractivity contribution in [2.75, 3.05) is 6.61 Å². The van der Waals surface area contributed by atoms with Crippen LogP contribution in [0.1, 0.15) is 84.0 Å². The number of azo groups is 1. The van der Waals surface area contributed by atoms with Crippen LogP contribution in [0.25, 0.3) is 0 Å². The number of hydrogen-bond donors (Lipinski definition) is 0. The van der Waals surface area contributed by atoms with E-state index in [-0.39, 0.29) is 0 Å². The zero-order valence-electron chi connectivity index (χ0n) is 18.2. The highest BCUT2D eigenvalue weighted by Gasteiger charge is 1.97. The molecule has 0 amide bonds. The second-order valence-corrected chi connectivity index (χ2v) is 7.77. The standard InChI is InChI=1S/C26H38N2O/c1-2-3-4-5-6-7-8-9-10-11-12-16-23-29-26-21-19-25(20-22-26)28-27-24-17-14-13-15-18-24/h13-15,17-22H,2-12,16,23H2,1H3. The maximum Gasteiger partial charge on any atom is 0.119 e. The van der Waals surface area contributed by atoms with Crippen LogP contribution in [-0.4, -0.2) is 6.61 Å². The van der Waals surface area contributed by atoms with Crippen LogP contribution in [0.15, 0.2) is 64.8 Å². The summed E-state index contributed by atoms with van der Waals surface area (Å²) >= 11 is 0. The van der Waals surface area contributed by atoms with Crippen molar-refractivity contribution in [1.82, 2.24) is 0 Å². The largest absolute Gasteiger partial charge is 0.494 e. The summed E-state index contributed by atoms with van der Waals surface area (Å²) in [6.45, 7) is 3.07. The molecule has 0 unspecified atom stereocenters. The predicted octanol–water partition coefficient (Wildman–Crippen LogP) is 9.18. The molecule has 0 aliphatic heterocycles. The molecule has 2 rings (SSSR count). The van der Waals surface area contributed by atoms with Gasteiger partial charge in [-0.25, -0.2) is 0 Å². The van der Waals surface area contributed by atoms with E-state index in [9.17, 15) is 0 Å². The smallest absolute Gasteiger partial charge is 0.119 e. The third kappa shape index (κ3) is 11.4. The van der Waals surface area contributed by atoms with Gasteiger partial charge in [-0.3, -0.25) is 0 Å². The maximum absolute atomic E-state index is 5.84. The van der Waals surface area contributed by atoms with E-state index in [1.807, 2.05) is 54.6 Å². The van der Waals surface area contributed by atoms with E-state index >= 15 is 0 Å². The van der Waals surface area contributed by atoms with Crippen molar-refractivity contribution < 1.29 is 4.74 Å². The van der Waals surface area contributed by atoms with E-state index in [0.29, 0.717) is 0 Å². The fraction of sp³-hybridized carbons (Fsp3) is 0.538. The minimum atomic E-state index is 0.794. The Morgan fingerprint density at radius 3 is 1.59 bits per heavy atom. The molecular formula is C26H38N2O. The zero-order chi connectivity index (χ0) is 20.4. The number of nitrogens with zero attached hydrogens (tertiary/aromatic N) is 2. The summed E-state index contributed by atoms with van der Waals surface area (Å²) in [5.74, 6) is 0.909. The van der Waals surface area contributed by atoms with Crippen LogP contribution in [0.4, 0.5) is 11.4 Å².